The molecule has 1 atom stereocenters. The minimum Gasteiger partial charge on any atom is -0.396 e. The molecule has 15 heavy (non-hydrogen) atoms. The van der Waals surface area contributed by atoms with Crippen molar-refractivity contribution in [2.75, 3.05) is 18.6 Å². The Morgan fingerprint density at radius 1 is 1.67 bits per heavy atom. The Hall–Kier alpha value is 0.260. The summed E-state index contributed by atoms with van der Waals surface area (Å²) in [5.41, 5.74) is 0. The van der Waals surface area contributed by atoms with Crippen LogP contribution in [-0.2, 0) is 4.79 Å². The number of nitrogens with one attached hydrogen (secondary N) is 1. The summed E-state index contributed by atoms with van der Waals surface area (Å²) in [6.07, 6.45) is 5.60. The number of halogens is 1. The summed E-state index contributed by atoms with van der Waals surface area (Å²) >= 11 is 5.17. The standard InChI is InChI=1S/C10H18BrNO2S/c1-15-7-8(3-6-13)12-9(14)10(11)4-2-5-10/h8,13H,2-7H2,1H3,(H,12,14). The highest BCUT2D eigenvalue weighted by Crippen LogP contribution is 2.40. The summed E-state index contributed by atoms with van der Waals surface area (Å²) in [7, 11) is 0. The maximum absolute atomic E-state index is 11.9. The first-order valence-corrected chi connectivity index (χ1v) is 7.41. The van der Waals surface area contributed by atoms with Crippen molar-refractivity contribution in [2.45, 2.75) is 36.0 Å². The third-order valence-corrected chi connectivity index (χ3v) is 4.62. The number of hydrogen-bond donors (Lipinski definition) is 2. The largest absolute Gasteiger partial charge is 0.396 e. The number of hydrogen-bond acceptors (Lipinski definition) is 3. The molecule has 2 N–H and O–H groups in total. The summed E-state index contributed by atoms with van der Waals surface area (Å²) in [5, 5.41) is 11.9. The van der Waals surface area contributed by atoms with E-state index in [2.05, 4.69) is 21.2 Å². The number of aliphatic hydroxyl groups excluding tert-OH is 1. The third kappa shape index (κ3) is 3.64. The van der Waals surface area contributed by atoms with Crippen LogP contribution in [0.1, 0.15) is 25.7 Å². The van der Waals surface area contributed by atoms with Gasteiger partial charge in [-0.2, -0.15) is 11.8 Å². The number of carbonyl (C=O) groups is 1. The molecule has 0 aromatic carbocycles. The molecule has 1 saturated carbocycles. The second-order valence-electron chi connectivity index (χ2n) is 3.96. The second-order valence-corrected chi connectivity index (χ2v) is 6.39. The normalized spacial score (nSPS) is 20.5. The summed E-state index contributed by atoms with van der Waals surface area (Å²) in [6, 6.07) is 0.0903. The Morgan fingerprint density at radius 3 is 2.73 bits per heavy atom. The van der Waals surface area contributed by atoms with E-state index in [9.17, 15) is 4.79 Å². The molecule has 0 aliphatic heterocycles. The van der Waals surface area contributed by atoms with Crippen LogP contribution in [0.5, 0.6) is 0 Å². The van der Waals surface area contributed by atoms with Gasteiger partial charge in [-0.1, -0.05) is 15.9 Å². The van der Waals surface area contributed by atoms with E-state index in [1.807, 2.05) is 6.26 Å². The lowest BCUT2D eigenvalue weighted by Gasteiger charge is -2.35. The van der Waals surface area contributed by atoms with E-state index in [0.29, 0.717) is 6.42 Å². The lowest BCUT2D eigenvalue weighted by atomic mass is 9.84. The van der Waals surface area contributed by atoms with Crippen molar-refractivity contribution >= 4 is 33.6 Å². The highest BCUT2D eigenvalue weighted by Gasteiger charge is 2.41. The minimum atomic E-state index is -0.320. The zero-order valence-corrected chi connectivity index (χ0v) is 11.4. The van der Waals surface area contributed by atoms with Crippen LogP contribution in [-0.4, -0.2) is 40.0 Å². The van der Waals surface area contributed by atoms with Gasteiger partial charge < -0.3 is 10.4 Å². The van der Waals surface area contributed by atoms with Crippen molar-refractivity contribution < 1.29 is 9.90 Å². The van der Waals surface area contributed by atoms with Gasteiger partial charge in [0, 0.05) is 18.4 Å². The molecule has 0 aromatic rings. The van der Waals surface area contributed by atoms with Crippen molar-refractivity contribution in [2.24, 2.45) is 0 Å². The van der Waals surface area contributed by atoms with Crippen LogP contribution < -0.4 is 5.32 Å². The quantitative estimate of drug-likeness (QED) is 0.731. The van der Waals surface area contributed by atoms with E-state index in [-0.39, 0.29) is 22.9 Å². The molecule has 0 bridgehead atoms. The van der Waals surface area contributed by atoms with Crippen LogP contribution >= 0.6 is 27.7 Å². The van der Waals surface area contributed by atoms with Crippen molar-refractivity contribution in [3.63, 3.8) is 0 Å². The molecular weight excluding hydrogens is 278 g/mol. The average molecular weight is 296 g/mol. The predicted molar refractivity (Wildman–Crippen MR) is 67.5 cm³/mol. The maximum atomic E-state index is 11.9. The molecule has 0 spiro atoms. The Kier molecular flexibility index (Phi) is 5.43. The minimum absolute atomic E-state index is 0.0845. The summed E-state index contributed by atoms with van der Waals surface area (Å²) < 4.78 is -0.320. The number of aliphatic hydroxyl groups is 1. The van der Waals surface area contributed by atoms with E-state index in [4.69, 9.17) is 5.11 Å². The van der Waals surface area contributed by atoms with Crippen molar-refractivity contribution in [3.8, 4) is 0 Å². The molecule has 5 heteroatoms. The van der Waals surface area contributed by atoms with Gasteiger partial charge in [0.05, 0.1) is 0 Å². The highest BCUT2D eigenvalue weighted by atomic mass is 79.9. The summed E-state index contributed by atoms with van der Waals surface area (Å²) in [6.45, 7) is 0.126. The van der Waals surface area contributed by atoms with Crippen molar-refractivity contribution in [3.05, 3.63) is 0 Å². The molecule has 1 aliphatic carbocycles. The Balaban J connectivity index is 2.39. The second kappa shape index (κ2) is 6.11. The molecule has 88 valence electrons. The molecule has 0 heterocycles. The van der Waals surface area contributed by atoms with Gasteiger partial charge in [0.15, 0.2) is 0 Å². The van der Waals surface area contributed by atoms with Gasteiger partial charge in [-0.25, -0.2) is 0 Å². The SMILES string of the molecule is CSCC(CCO)NC(=O)C1(Br)CCC1. The van der Waals surface area contributed by atoms with Crippen LogP contribution in [0.15, 0.2) is 0 Å². The Labute approximate surface area is 104 Å². The fourth-order valence-corrected chi connectivity index (χ4v) is 2.91. The van der Waals surface area contributed by atoms with Crippen LogP contribution in [0, 0.1) is 0 Å². The van der Waals surface area contributed by atoms with Gasteiger partial charge in [0.25, 0.3) is 0 Å². The van der Waals surface area contributed by atoms with Gasteiger partial charge in [0.2, 0.25) is 5.91 Å². The van der Waals surface area contributed by atoms with Crippen LogP contribution in [0.4, 0.5) is 0 Å². The molecule has 1 unspecified atom stereocenters. The van der Waals surface area contributed by atoms with E-state index in [0.717, 1.165) is 25.0 Å². The van der Waals surface area contributed by atoms with E-state index in [1.165, 1.54) is 0 Å². The topological polar surface area (TPSA) is 49.3 Å². The molecular formula is C10H18BrNO2S. The molecule has 0 aromatic heterocycles. The van der Waals surface area contributed by atoms with Crippen LogP contribution in [0.25, 0.3) is 0 Å². The number of thioether (sulfide) groups is 1. The smallest absolute Gasteiger partial charge is 0.237 e. The lowest BCUT2D eigenvalue weighted by molar-refractivity contribution is -0.125. The van der Waals surface area contributed by atoms with E-state index < -0.39 is 0 Å². The highest BCUT2D eigenvalue weighted by molar-refractivity contribution is 9.10. The van der Waals surface area contributed by atoms with Gasteiger partial charge in [-0.15, -0.1) is 0 Å². The fraction of sp³-hybridized carbons (Fsp3) is 0.900. The first kappa shape index (κ1) is 13.3. The number of alkyl halides is 1. The molecule has 1 rings (SSSR count). The van der Waals surface area contributed by atoms with E-state index in [1.54, 1.807) is 11.8 Å². The zero-order chi connectivity index (χ0) is 11.3. The Bertz CT molecular complexity index is 215. The first-order chi connectivity index (χ1) is 7.12. The summed E-state index contributed by atoms with van der Waals surface area (Å²) in [4.78, 5) is 11.9. The van der Waals surface area contributed by atoms with E-state index >= 15 is 0 Å². The molecule has 1 fully saturated rings. The average Bonchev–Trinajstić information content (AvgIpc) is 2.15. The van der Waals surface area contributed by atoms with Crippen molar-refractivity contribution in [1.29, 1.82) is 0 Å². The zero-order valence-electron chi connectivity index (χ0n) is 8.96. The fourth-order valence-electron chi connectivity index (χ4n) is 1.58. The number of amides is 1. The monoisotopic (exact) mass is 295 g/mol. The molecule has 1 aliphatic rings. The third-order valence-electron chi connectivity index (χ3n) is 2.73. The predicted octanol–water partition coefficient (Wildman–Crippen LogP) is 1.53. The maximum Gasteiger partial charge on any atom is 0.237 e. The van der Waals surface area contributed by atoms with Crippen LogP contribution in [0.3, 0.4) is 0 Å². The Morgan fingerprint density at radius 2 is 2.33 bits per heavy atom. The molecule has 0 saturated heterocycles. The summed E-state index contributed by atoms with van der Waals surface area (Å²) in [5.74, 6) is 0.941. The van der Waals surface area contributed by atoms with Crippen molar-refractivity contribution in [1.82, 2.24) is 5.32 Å². The van der Waals surface area contributed by atoms with Gasteiger partial charge in [0.1, 0.15) is 4.32 Å². The first-order valence-electron chi connectivity index (χ1n) is 5.22. The molecule has 3 nitrogen and oxygen atoms in total. The number of carbonyl (C=O) groups excluding carboxylic acids is 1. The van der Waals surface area contributed by atoms with Gasteiger partial charge >= 0.3 is 0 Å². The number of rotatable bonds is 6. The van der Waals surface area contributed by atoms with Crippen LogP contribution in [0.2, 0.25) is 0 Å². The van der Waals surface area contributed by atoms with Gasteiger partial charge in [-0.05, 0) is 31.9 Å². The molecule has 1 amide bonds. The lowest BCUT2D eigenvalue weighted by Crippen LogP contribution is -2.51. The molecule has 0 radical (unpaired) electrons. The van der Waals surface area contributed by atoms with Gasteiger partial charge in [-0.3, -0.25) is 4.79 Å².